The van der Waals surface area contributed by atoms with Gasteiger partial charge in [-0.1, -0.05) is 13.8 Å². The molecule has 1 unspecified atom stereocenters. The highest BCUT2D eigenvalue weighted by Gasteiger charge is 2.53. The second kappa shape index (κ2) is 3.67. The van der Waals surface area contributed by atoms with Crippen LogP contribution in [-0.4, -0.2) is 28.1 Å². The van der Waals surface area contributed by atoms with E-state index in [1.807, 2.05) is 13.8 Å². The first-order chi connectivity index (χ1) is 5.93. The van der Waals surface area contributed by atoms with Gasteiger partial charge in [-0.15, -0.1) is 0 Å². The molecule has 0 saturated carbocycles. The van der Waals surface area contributed by atoms with Gasteiger partial charge in [-0.2, -0.15) is 0 Å². The molecule has 1 aliphatic heterocycles. The first-order valence-corrected chi connectivity index (χ1v) is 5.84. The normalized spacial score (nSPS) is 26.0. The van der Waals surface area contributed by atoms with Gasteiger partial charge >= 0.3 is 7.82 Å². The molecule has 1 aliphatic rings. The van der Waals surface area contributed by atoms with Crippen molar-refractivity contribution in [1.29, 1.82) is 0 Å². The molecule has 0 spiro atoms. The monoisotopic (exact) mass is 210 g/mol. The van der Waals surface area contributed by atoms with Crippen LogP contribution in [0.1, 0.15) is 26.7 Å². The lowest BCUT2D eigenvalue weighted by atomic mass is 10.00. The highest BCUT2D eigenvalue weighted by molar-refractivity contribution is 7.46. The summed E-state index contributed by atoms with van der Waals surface area (Å²) in [5, 5.41) is 0. The van der Waals surface area contributed by atoms with Crippen LogP contribution in [0, 0.1) is 0 Å². The summed E-state index contributed by atoms with van der Waals surface area (Å²) < 4.78 is 20.1. The molecule has 1 atom stereocenters. The van der Waals surface area contributed by atoms with E-state index in [4.69, 9.17) is 14.5 Å². The lowest BCUT2D eigenvalue weighted by Gasteiger charge is -2.06. The third-order valence-electron chi connectivity index (χ3n) is 2.50. The number of phosphoric acid groups is 1. The third kappa shape index (κ3) is 2.76. The maximum atomic E-state index is 10.4. The van der Waals surface area contributed by atoms with E-state index in [9.17, 15) is 4.57 Å². The summed E-state index contributed by atoms with van der Waals surface area (Å²) in [5.41, 5.74) is -0.199. The minimum absolute atomic E-state index is 0.0219. The number of ether oxygens (including phenoxy) is 1. The fraction of sp³-hybridized carbons (Fsp3) is 1.00. The maximum Gasteiger partial charge on any atom is 0.469 e. The quantitative estimate of drug-likeness (QED) is 0.523. The molecule has 0 amide bonds. The van der Waals surface area contributed by atoms with Crippen molar-refractivity contribution in [1.82, 2.24) is 0 Å². The van der Waals surface area contributed by atoms with Crippen LogP contribution >= 0.6 is 7.82 Å². The minimum Gasteiger partial charge on any atom is -0.364 e. The van der Waals surface area contributed by atoms with Crippen LogP contribution < -0.4 is 0 Å². The van der Waals surface area contributed by atoms with E-state index in [2.05, 4.69) is 4.52 Å². The molecule has 0 aliphatic carbocycles. The fourth-order valence-electron chi connectivity index (χ4n) is 1.47. The zero-order valence-corrected chi connectivity index (χ0v) is 8.66. The van der Waals surface area contributed by atoms with Gasteiger partial charge in [0.2, 0.25) is 0 Å². The van der Waals surface area contributed by atoms with Gasteiger partial charge in [-0.25, -0.2) is 4.57 Å². The van der Waals surface area contributed by atoms with Gasteiger partial charge in [0.25, 0.3) is 0 Å². The first kappa shape index (κ1) is 11.1. The molecule has 0 aromatic rings. The summed E-state index contributed by atoms with van der Waals surface area (Å²) in [6, 6.07) is 0. The van der Waals surface area contributed by atoms with Gasteiger partial charge in [0.05, 0.1) is 12.2 Å². The Labute approximate surface area is 77.3 Å². The van der Waals surface area contributed by atoms with Gasteiger partial charge in [-0.3, -0.25) is 4.52 Å². The van der Waals surface area contributed by atoms with Gasteiger partial charge in [-0.05, 0) is 12.8 Å². The highest BCUT2D eigenvalue weighted by Crippen LogP contribution is 2.45. The second-order valence-corrected chi connectivity index (χ2v) is 4.40. The average Bonchev–Trinajstić information content (AvgIpc) is 2.74. The molecule has 1 saturated heterocycles. The van der Waals surface area contributed by atoms with E-state index < -0.39 is 7.82 Å². The SMILES string of the molecule is CCC1(CC)OC1COP(=O)(O)O. The average molecular weight is 210 g/mol. The van der Waals surface area contributed by atoms with E-state index >= 15 is 0 Å². The number of rotatable bonds is 5. The molecule has 78 valence electrons. The van der Waals surface area contributed by atoms with Crippen molar-refractivity contribution < 1.29 is 23.6 Å². The molecule has 13 heavy (non-hydrogen) atoms. The Morgan fingerprint density at radius 3 is 2.31 bits per heavy atom. The smallest absolute Gasteiger partial charge is 0.364 e. The molecule has 6 heteroatoms. The summed E-state index contributed by atoms with van der Waals surface area (Å²) in [4.78, 5) is 16.9. The van der Waals surface area contributed by atoms with Crippen molar-refractivity contribution in [2.24, 2.45) is 0 Å². The molecule has 5 nitrogen and oxygen atoms in total. The Morgan fingerprint density at radius 2 is 2.00 bits per heavy atom. The van der Waals surface area contributed by atoms with Crippen LogP contribution in [-0.2, 0) is 13.8 Å². The van der Waals surface area contributed by atoms with Crippen molar-refractivity contribution >= 4 is 7.82 Å². The molecule has 0 radical (unpaired) electrons. The first-order valence-electron chi connectivity index (χ1n) is 4.31. The Morgan fingerprint density at radius 1 is 1.46 bits per heavy atom. The van der Waals surface area contributed by atoms with Crippen LogP contribution in [0.4, 0.5) is 0 Å². The molecule has 1 heterocycles. The van der Waals surface area contributed by atoms with Crippen LogP contribution in [0.5, 0.6) is 0 Å². The summed E-state index contributed by atoms with van der Waals surface area (Å²) in [5.74, 6) is 0. The topological polar surface area (TPSA) is 79.3 Å². The number of epoxide rings is 1. The van der Waals surface area contributed by atoms with Gasteiger partial charge < -0.3 is 14.5 Å². The summed E-state index contributed by atoms with van der Waals surface area (Å²) in [6.45, 7) is 3.95. The van der Waals surface area contributed by atoms with E-state index in [1.165, 1.54) is 0 Å². The van der Waals surface area contributed by atoms with E-state index in [-0.39, 0.29) is 18.3 Å². The molecule has 0 aromatic carbocycles. The highest BCUT2D eigenvalue weighted by atomic mass is 31.2. The summed E-state index contributed by atoms with van der Waals surface area (Å²) >= 11 is 0. The zero-order chi connectivity index (χ0) is 10.1. The van der Waals surface area contributed by atoms with Gasteiger partial charge in [0, 0.05) is 0 Å². The van der Waals surface area contributed by atoms with Crippen LogP contribution in [0.15, 0.2) is 0 Å². The molecular formula is C7H15O5P. The van der Waals surface area contributed by atoms with Crippen molar-refractivity contribution in [3.8, 4) is 0 Å². The molecule has 2 N–H and O–H groups in total. The summed E-state index contributed by atoms with van der Waals surface area (Å²) in [6.07, 6.45) is 1.53. The van der Waals surface area contributed by atoms with Gasteiger partial charge in [0.1, 0.15) is 6.10 Å². The minimum atomic E-state index is -4.34. The molecule has 0 aromatic heterocycles. The number of hydrogen-bond donors (Lipinski definition) is 2. The number of phosphoric ester groups is 1. The molecule has 1 rings (SSSR count). The Bertz CT molecular complexity index is 219. The lowest BCUT2D eigenvalue weighted by molar-refractivity contribution is 0.178. The molecule has 1 fully saturated rings. The van der Waals surface area contributed by atoms with Crippen molar-refractivity contribution in [2.45, 2.75) is 38.4 Å². The van der Waals surface area contributed by atoms with Crippen molar-refractivity contribution in [3.05, 3.63) is 0 Å². The Hall–Kier alpha value is 0.0700. The van der Waals surface area contributed by atoms with E-state index in [0.29, 0.717) is 0 Å². The molecular weight excluding hydrogens is 195 g/mol. The van der Waals surface area contributed by atoms with Crippen molar-refractivity contribution in [3.63, 3.8) is 0 Å². The molecule has 0 bridgehead atoms. The Balaban J connectivity index is 2.31. The Kier molecular flexibility index (Phi) is 3.15. The largest absolute Gasteiger partial charge is 0.469 e. The number of hydrogen-bond acceptors (Lipinski definition) is 3. The maximum absolute atomic E-state index is 10.4. The predicted molar refractivity (Wildman–Crippen MR) is 46.2 cm³/mol. The standard InChI is InChI=1S/C7H15O5P/c1-3-7(4-2)6(12-7)5-11-13(8,9)10/h6H,3-5H2,1-2H3,(H2,8,9,10). The third-order valence-corrected chi connectivity index (χ3v) is 2.98. The van der Waals surface area contributed by atoms with Gasteiger partial charge in [0.15, 0.2) is 0 Å². The van der Waals surface area contributed by atoms with E-state index in [1.54, 1.807) is 0 Å². The second-order valence-electron chi connectivity index (χ2n) is 3.16. The van der Waals surface area contributed by atoms with Crippen LogP contribution in [0.3, 0.4) is 0 Å². The van der Waals surface area contributed by atoms with E-state index in [0.717, 1.165) is 12.8 Å². The fourth-order valence-corrected chi connectivity index (χ4v) is 1.80. The van der Waals surface area contributed by atoms with Crippen LogP contribution in [0.25, 0.3) is 0 Å². The van der Waals surface area contributed by atoms with Crippen LogP contribution in [0.2, 0.25) is 0 Å². The summed E-state index contributed by atoms with van der Waals surface area (Å²) in [7, 11) is -4.34. The predicted octanol–water partition coefficient (Wildman–Crippen LogP) is 1.05. The van der Waals surface area contributed by atoms with Crippen molar-refractivity contribution in [2.75, 3.05) is 6.61 Å². The lowest BCUT2D eigenvalue weighted by Crippen LogP contribution is -2.15. The zero-order valence-electron chi connectivity index (χ0n) is 7.77.